The Bertz CT molecular complexity index is 478. The predicted molar refractivity (Wildman–Crippen MR) is 79.8 cm³/mol. The van der Waals surface area contributed by atoms with Crippen molar-refractivity contribution in [2.45, 2.75) is 44.1 Å². The van der Waals surface area contributed by atoms with E-state index >= 15 is 0 Å². The summed E-state index contributed by atoms with van der Waals surface area (Å²) in [5.41, 5.74) is 3.44. The average molecular weight is 306 g/mol. The fraction of sp³-hybridized carbons (Fsp3) is 0.562. The average Bonchev–Trinajstić information content (AvgIpc) is 2.99. The minimum Gasteiger partial charge on any atom is -0.348 e. The van der Waals surface area contributed by atoms with E-state index in [1.54, 1.807) is 0 Å². The summed E-state index contributed by atoms with van der Waals surface area (Å²) in [6.45, 7) is 1.70. The minimum absolute atomic E-state index is 0.138. The summed E-state index contributed by atoms with van der Waals surface area (Å²) in [6.07, 6.45) is 3.35. The van der Waals surface area contributed by atoms with Gasteiger partial charge in [-0.15, -0.1) is 0 Å². The van der Waals surface area contributed by atoms with Crippen molar-refractivity contribution in [1.29, 1.82) is 0 Å². The molecule has 2 fully saturated rings. The van der Waals surface area contributed by atoms with Crippen LogP contribution in [0.2, 0.25) is 0 Å². The van der Waals surface area contributed by atoms with Gasteiger partial charge in [-0.3, -0.25) is 4.84 Å². The number of urea groups is 1. The van der Waals surface area contributed by atoms with E-state index in [2.05, 4.69) is 10.8 Å². The van der Waals surface area contributed by atoms with E-state index in [1.807, 2.05) is 30.3 Å². The van der Waals surface area contributed by atoms with Gasteiger partial charge in [0.2, 0.25) is 0 Å². The van der Waals surface area contributed by atoms with E-state index in [9.17, 15) is 4.79 Å². The number of rotatable bonds is 4. The lowest BCUT2D eigenvalue weighted by molar-refractivity contribution is -0.179. The van der Waals surface area contributed by atoms with E-state index in [0.717, 1.165) is 31.2 Å². The highest BCUT2D eigenvalue weighted by molar-refractivity contribution is 5.73. The Morgan fingerprint density at radius 3 is 2.55 bits per heavy atom. The van der Waals surface area contributed by atoms with Crippen LogP contribution in [0.15, 0.2) is 30.3 Å². The van der Waals surface area contributed by atoms with Crippen molar-refractivity contribution < 1.29 is 19.1 Å². The maximum absolute atomic E-state index is 11.8. The molecule has 1 saturated heterocycles. The van der Waals surface area contributed by atoms with Crippen LogP contribution in [-0.2, 0) is 20.9 Å². The third-order valence-corrected chi connectivity index (χ3v) is 4.14. The van der Waals surface area contributed by atoms with Gasteiger partial charge in [0.25, 0.3) is 0 Å². The molecule has 2 aliphatic rings. The van der Waals surface area contributed by atoms with Gasteiger partial charge in [-0.1, -0.05) is 30.3 Å². The van der Waals surface area contributed by atoms with Gasteiger partial charge in [-0.25, -0.2) is 10.3 Å². The molecule has 0 atom stereocenters. The maximum Gasteiger partial charge on any atom is 0.338 e. The Labute approximate surface area is 130 Å². The standard InChI is InChI=1S/C16H22N2O4/c19-15(18-22-12-13-4-2-1-3-5-13)17-14-6-8-16(9-7-14)20-10-11-21-16/h1-5,14H,6-12H2,(H2,17,18,19). The summed E-state index contributed by atoms with van der Waals surface area (Å²) < 4.78 is 11.3. The molecule has 22 heavy (non-hydrogen) atoms. The molecule has 6 heteroatoms. The molecule has 0 aromatic heterocycles. The summed E-state index contributed by atoms with van der Waals surface area (Å²) in [5.74, 6) is -0.390. The van der Waals surface area contributed by atoms with Crippen LogP contribution in [-0.4, -0.2) is 31.1 Å². The molecule has 1 aromatic carbocycles. The molecule has 120 valence electrons. The van der Waals surface area contributed by atoms with Gasteiger partial charge in [0.1, 0.15) is 0 Å². The maximum atomic E-state index is 11.8. The van der Waals surface area contributed by atoms with Gasteiger partial charge < -0.3 is 14.8 Å². The molecule has 1 spiro atoms. The predicted octanol–water partition coefficient (Wildman–Crippen LogP) is 2.10. The number of hydroxylamine groups is 1. The number of ether oxygens (including phenoxy) is 2. The van der Waals surface area contributed by atoms with Gasteiger partial charge in [0.15, 0.2) is 5.79 Å². The van der Waals surface area contributed by atoms with Crippen LogP contribution in [0.3, 0.4) is 0 Å². The second-order valence-corrected chi connectivity index (χ2v) is 5.73. The van der Waals surface area contributed by atoms with Gasteiger partial charge in [-0.05, 0) is 18.4 Å². The fourth-order valence-electron chi connectivity index (χ4n) is 2.96. The van der Waals surface area contributed by atoms with E-state index in [0.29, 0.717) is 19.8 Å². The summed E-state index contributed by atoms with van der Waals surface area (Å²) in [7, 11) is 0. The van der Waals surface area contributed by atoms with Crippen molar-refractivity contribution in [3.05, 3.63) is 35.9 Å². The Morgan fingerprint density at radius 1 is 1.18 bits per heavy atom. The van der Waals surface area contributed by atoms with Crippen LogP contribution in [0.4, 0.5) is 4.79 Å². The first-order valence-electron chi connectivity index (χ1n) is 7.76. The first kappa shape index (κ1) is 15.3. The van der Waals surface area contributed by atoms with E-state index in [4.69, 9.17) is 14.3 Å². The minimum atomic E-state index is -0.390. The monoisotopic (exact) mass is 306 g/mol. The molecule has 0 bridgehead atoms. The zero-order chi connectivity index (χ0) is 15.3. The number of carbonyl (C=O) groups is 1. The number of hydrogen-bond acceptors (Lipinski definition) is 4. The molecule has 6 nitrogen and oxygen atoms in total. The van der Waals surface area contributed by atoms with Crippen molar-refractivity contribution >= 4 is 6.03 Å². The van der Waals surface area contributed by atoms with Crippen LogP contribution in [0.1, 0.15) is 31.2 Å². The zero-order valence-electron chi connectivity index (χ0n) is 12.5. The number of nitrogens with one attached hydrogen (secondary N) is 2. The summed E-state index contributed by atoms with van der Waals surface area (Å²) in [4.78, 5) is 17.0. The molecule has 3 rings (SSSR count). The van der Waals surface area contributed by atoms with Gasteiger partial charge in [0, 0.05) is 18.9 Å². The molecular formula is C16H22N2O4. The van der Waals surface area contributed by atoms with Crippen LogP contribution >= 0.6 is 0 Å². The van der Waals surface area contributed by atoms with Crippen molar-refractivity contribution in [3.63, 3.8) is 0 Å². The number of carbonyl (C=O) groups excluding carboxylic acids is 1. The second-order valence-electron chi connectivity index (χ2n) is 5.73. The lowest BCUT2D eigenvalue weighted by Crippen LogP contribution is -2.47. The summed E-state index contributed by atoms with van der Waals surface area (Å²) >= 11 is 0. The van der Waals surface area contributed by atoms with Crippen LogP contribution in [0.25, 0.3) is 0 Å². The van der Waals surface area contributed by atoms with Gasteiger partial charge >= 0.3 is 6.03 Å². The smallest absolute Gasteiger partial charge is 0.338 e. The van der Waals surface area contributed by atoms with Crippen LogP contribution < -0.4 is 10.8 Å². The highest BCUT2D eigenvalue weighted by Crippen LogP contribution is 2.35. The third-order valence-electron chi connectivity index (χ3n) is 4.14. The van der Waals surface area contributed by atoms with Crippen LogP contribution in [0, 0.1) is 0 Å². The normalized spacial score (nSPS) is 20.9. The SMILES string of the molecule is O=C(NOCc1ccccc1)NC1CCC2(CC1)OCCO2. The van der Waals surface area contributed by atoms with E-state index in [1.165, 1.54) is 0 Å². The number of amides is 2. The van der Waals surface area contributed by atoms with Gasteiger partial charge in [0.05, 0.1) is 19.8 Å². The topological polar surface area (TPSA) is 68.8 Å². The highest BCUT2D eigenvalue weighted by Gasteiger charge is 2.40. The van der Waals surface area contributed by atoms with Crippen molar-refractivity contribution in [1.82, 2.24) is 10.8 Å². The lowest BCUT2D eigenvalue weighted by atomic mass is 9.90. The Hall–Kier alpha value is -1.63. The fourth-order valence-corrected chi connectivity index (χ4v) is 2.96. The molecule has 1 aliphatic heterocycles. The molecule has 2 N–H and O–H groups in total. The number of benzene rings is 1. The molecule has 1 aromatic rings. The molecule has 1 aliphatic carbocycles. The molecule has 0 unspecified atom stereocenters. The largest absolute Gasteiger partial charge is 0.348 e. The highest BCUT2D eigenvalue weighted by atomic mass is 16.7. The van der Waals surface area contributed by atoms with Crippen LogP contribution in [0.5, 0.6) is 0 Å². The van der Waals surface area contributed by atoms with Crippen molar-refractivity contribution in [3.8, 4) is 0 Å². The molecule has 0 radical (unpaired) electrons. The molecule has 2 amide bonds. The summed E-state index contributed by atoms with van der Waals surface area (Å²) in [6, 6.07) is 9.54. The van der Waals surface area contributed by atoms with E-state index < -0.39 is 5.79 Å². The van der Waals surface area contributed by atoms with Crippen molar-refractivity contribution in [2.24, 2.45) is 0 Å². The Morgan fingerprint density at radius 2 is 1.86 bits per heavy atom. The lowest BCUT2D eigenvalue weighted by Gasteiger charge is -2.35. The quantitative estimate of drug-likeness (QED) is 0.836. The zero-order valence-corrected chi connectivity index (χ0v) is 12.5. The Balaban J connectivity index is 1.34. The first-order chi connectivity index (χ1) is 10.8. The second kappa shape index (κ2) is 7.09. The van der Waals surface area contributed by atoms with E-state index in [-0.39, 0.29) is 12.1 Å². The molecule has 1 heterocycles. The molecule has 1 saturated carbocycles. The third kappa shape index (κ3) is 3.97. The van der Waals surface area contributed by atoms with Gasteiger partial charge in [-0.2, -0.15) is 0 Å². The number of hydrogen-bond donors (Lipinski definition) is 2. The Kier molecular flexibility index (Phi) is 4.92. The van der Waals surface area contributed by atoms with Crippen molar-refractivity contribution in [2.75, 3.05) is 13.2 Å². The molecular weight excluding hydrogens is 284 g/mol. The first-order valence-corrected chi connectivity index (χ1v) is 7.76. The summed E-state index contributed by atoms with van der Waals surface area (Å²) in [5, 5.41) is 2.93.